The summed E-state index contributed by atoms with van der Waals surface area (Å²) in [6.07, 6.45) is 1.72. The van der Waals surface area contributed by atoms with Crippen LogP contribution < -0.4 is 10.6 Å². The summed E-state index contributed by atoms with van der Waals surface area (Å²) in [7, 11) is 0. The summed E-state index contributed by atoms with van der Waals surface area (Å²) in [5.74, 6) is 0.329. The highest BCUT2D eigenvalue weighted by Gasteiger charge is 2.08. The smallest absolute Gasteiger partial charge is 0.276 e. The maximum absolute atomic E-state index is 12.0. The third-order valence-corrected chi connectivity index (χ3v) is 2.60. The number of nitrogens with zero attached hydrogens (tertiary/aromatic N) is 2. The molecule has 0 atom stereocenters. The van der Waals surface area contributed by atoms with Gasteiger partial charge in [0.05, 0.1) is 0 Å². The second-order valence-electron chi connectivity index (χ2n) is 4.30. The van der Waals surface area contributed by atoms with E-state index < -0.39 is 0 Å². The van der Waals surface area contributed by atoms with Gasteiger partial charge in [-0.2, -0.15) is 0 Å². The maximum Gasteiger partial charge on any atom is 0.276 e. The third kappa shape index (κ3) is 3.65. The normalized spacial score (nSPS) is 9.85. The summed E-state index contributed by atoms with van der Waals surface area (Å²) in [5.41, 5.74) is 2.10. The highest BCUT2D eigenvalue weighted by Crippen LogP contribution is 2.11. The lowest BCUT2D eigenvalue weighted by atomic mass is 10.2. The average Bonchev–Trinajstić information content (AvgIpc) is 2.45. The molecule has 1 aromatic heterocycles. The van der Waals surface area contributed by atoms with Crippen LogP contribution in [0, 0.1) is 6.92 Å². The number of aryl methyl sites for hydroxylation is 1. The minimum absolute atomic E-state index is 0.274. The number of hydrogen-bond acceptors (Lipinski definition) is 4. The van der Waals surface area contributed by atoms with Crippen molar-refractivity contribution in [3.63, 3.8) is 0 Å². The molecular formula is C15H16N4O. The topological polar surface area (TPSA) is 66.9 Å². The van der Waals surface area contributed by atoms with Gasteiger partial charge in [0.15, 0.2) is 5.69 Å². The fourth-order valence-electron chi connectivity index (χ4n) is 1.64. The van der Waals surface area contributed by atoms with Crippen LogP contribution in [0.25, 0.3) is 0 Å². The van der Waals surface area contributed by atoms with Gasteiger partial charge in [-0.25, -0.2) is 0 Å². The number of carbonyl (C=O) groups excluding carboxylic acids is 1. The molecule has 20 heavy (non-hydrogen) atoms. The summed E-state index contributed by atoms with van der Waals surface area (Å²) in [4.78, 5) is 12.0. The molecule has 0 aliphatic heterocycles. The molecule has 1 aromatic carbocycles. The van der Waals surface area contributed by atoms with Crippen LogP contribution in [-0.2, 0) is 0 Å². The van der Waals surface area contributed by atoms with Crippen molar-refractivity contribution in [2.75, 3.05) is 17.2 Å². The number of anilines is 2. The lowest BCUT2D eigenvalue weighted by Gasteiger charge is -2.06. The Kier molecular flexibility index (Phi) is 4.44. The number of nitrogens with one attached hydrogen (secondary N) is 2. The van der Waals surface area contributed by atoms with E-state index in [0.29, 0.717) is 12.4 Å². The molecule has 5 heteroatoms. The van der Waals surface area contributed by atoms with Gasteiger partial charge in [-0.05, 0) is 36.8 Å². The molecule has 0 saturated carbocycles. The van der Waals surface area contributed by atoms with E-state index in [4.69, 9.17) is 0 Å². The predicted octanol–water partition coefficient (Wildman–Crippen LogP) is 2.64. The average molecular weight is 268 g/mol. The molecule has 0 radical (unpaired) electrons. The van der Waals surface area contributed by atoms with Gasteiger partial charge < -0.3 is 10.6 Å². The van der Waals surface area contributed by atoms with Gasteiger partial charge in [0.2, 0.25) is 0 Å². The van der Waals surface area contributed by atoms with E-state index in [1.165, 1.54) is 0 Å². The first-order chi connectivity index (χ1) is 9.69. The largest absolute Gasteiger partial charge is 0.365 e. The molecule has 2 N–H and O–H groups in total. The molecule has 1 amide bonds. The maximum atomic E-state index is 12.0. The molecule has 1 heterocycles. The van der Waals surface area contributed by atoms with E-state index >= 15 is 0 Å². The Balaban J connectivity index is 2.03. The number of hydrogen-bond donors (Lipinski definition) is 2. The summed E-state index contributed by atoms with van der Waals surface area (Å²) >= 11 is 0. The van der Waals surface area contributed by atoms with Crippen molar-refractivity contribution >= 4 is 17.4 Å². The van der Waals surface area contributed by atoms with Crippen molar-refractivity contribution in [2.24, 2.45) is 0 Å². The first kappa shape index (κ1) is 13.7. The Morgan fingerprint density at radius 3 is 2.80 bits per heavy atom. The van der Waals surface area contributed by atoms with Gasteiger partial charge in [-0.3, -0.25) is 4.79 Å². The van der Waals surface area contributed by atoms with Gasteiger partial charge in [0.1, 0.15) is 5.82 Å². The van der Waals surface area contributed by atoms with Crippen molar-refractivity contribution in [1.29, 1.82) is 0 Å². The minimum Gasteiger partial charge on any atom is -0.365 e. The molecule has 0 bridgehead atoms. The van der Waals surface area contributed by atoms with E-state index in [1.54, 1.807) is 18.2 Å². The lowest BCUT2D eigenvalue weighted by Crippen LogP contribution is -2.15. The van der Waals surface area contributed by atoms with Crippen LogP contribution in [0.5, 0.6) is 0 Å². The van der Waals surface area contributed by atoms with E-state index in [0.717, 1.165) is 11.3 Å². The van der Waals surface area contributed by atoms with Gasteiger partial charge in [-0.15, -0.1) is 16.8 Å². The van der Waals surface area contributed by atoms with Crippen molar-refractivity contribution in [2.45, 2.75) is 6.92 Å². The Labute approximate surface area is 117 Å². The van der Waals surface area contributed by atoms with Gasteiger partial charge in [-0.1, -0.05) is 18.2 Å². The van der Waals surface area contributed by atoms with E-state index in [-0.39, 0.29) is 11.6 Å². The fraction of sp³-hybridized carbons (Fsp3) is 0.133. The number of aromatic nitrogens is 2. The molecule has 0 unspecified atom stereocenters. The van der Waals surface area contributed by atoms with Gasteiger partial charge >= 0.3 is 0 Å². The fourth-order valence-corrected chi connectivity index (χ4v) is 1.64. The second-order valence-corrected chi connectivity index (χ2v) is 4.30. The molecule has 5 nitrogen and oxygen atoms in total. The molecular weight excluding hydrogens is 252 g/mol. The van der Waals surface area contributed by atoms with Crippen molar-refractivity contribution < 1.29 is 4.79 Å². The van der Waals surface area contributed by atoms with Crippen LogP contribution in [0.4, 0.5) is 11.5 Å². The number of rotatable bonds is 5. The zero-order valence-electron chi connectivity index (χ0n) is 11.3. The van der Waals surface area contributed by atoms with Crippen molar-refractivity contribution in [3.05, 3.63) is 60.3 Å². The zero-order valence-corrected chi connectivity index (χ0v) is 11.3. The predicted molar refractivity (Wildman–Crippen MR) is 79.9 cm³/mol. The van der Waals surface area contributed by atoms with E-state index in [2.05, 4.69) is 27.4 Å². The second kappa shape index (κ2) is 6.47. The standard InChI is InChI=1S/C15H16N4O/c1-3-9-16-14-8-7-13(18-19-14)15(20)17-12-6-4-5-11(2)10-12/h3-8,10H,1,9H2,2H3,(H,16,19)(H,17,20). The Morgan fingerprint density at radius 1 is 1.30 bits per heavy atom. The Hall–Kier alpha value is -2.69. The Bertz CT molecular complexity index is 608. The van der Waals surface area contributed by atoms with Gasteiger partial charge in [0, 0.05) is 12.2 Å². The molecule has 2 rings (SSSR count). The molecule has 0 aliphatic carbocycles. The van der Waals surface area contributed by atoms with Crippen LogP contribution in [-0.4, -0.2) is 22.6 Å². The molecule has 2 aromatic rings. The van der Waals surface area contributed by atoms with E-state index in [9.17, 15) is 4.79 Å². The third-order valence-electron chi connectivity index (χ3n) is 2.60. The number of benzene rings is 1. The highest BCUT2D eigenvalue weighted by molar-refractivity contribution is 6.02. The SMILES string of the molecule is C=CCNc1ccc(C(=O)Nc2cccc(C)c2)nn1. The number of carbonyl (C=O) groups is 1. The molecule has 0 aliphatic rings. The first-order valence-electron chi connectivity index (χ1n) is 6.25. The van der Waals surface area contributed by atoms with Crippen LogP contribution >= 0.6 is 0 Å². The van der Waals surface area contributed by atoms with Crippen LogP contribution in [0.3, 0.4) is 0 Å². The highest BCUT2D eigenvalue weighted by atomic mass is 16.1. The lowest BCUT2D eigenvalue weighted by molar-refractivity contribution is 0.102. The molecule has 0 fully saturated rings. The zero-order chi connectivity index (χ0) is 14.4. The molecule has 0 spiro atoms. The van der Waals surface area contributed by atoms with Crippen molar-refractivity contribution in [3.8, 4) is 0 Å². The Morgan fingerprint density at radius 2 is 2.15 bits per heavy atom. The van der Waals surface area contributed by atoms with E-state index in [1.807, 2.05) is 31.2 Å². The van der Waals surface area contributed by atoms with Crippen LogP contribution in [0.15, 0.2) is 49.1 Å². The van der Waals surface area contributed by atoms with Gasteiger partial charge in [0.25, 0.3) is 5.91 Å². The summed E-state index contributed by atoms with van der Waals surface area (Å²) in [5, 5.41) is 13.6. The summed E-state index contributed by atoms with van der Waals surface area (Å²) in [6.45, 7) is 6.17. The first-order valence-corrected chi connectivity index (χ1v) is 6.25. The quantitative estimate of drug-likeness (QED) is 0.818. The number of amides is 1. The summed E-state index contributed by atoms with van der Waals surface area (Å²) in [6, 6.07) is 10.9. The summed E-state index contributed by atoms with van der Waals surface area (Å²) < 4.78 is 0. The van der Waals surface area contributed by atoms with Crippen LogP contribution in [0.1, 0.15) is 16.1 Å². The monoisotopic (exact) mass is 268 g/mol. The minimum atomic E-state index is -0.279. The molecule has 102 valence electrons. The molecule has 0 saturated heterocycles. The van der Waals surface area contributed by atoms with Crippen molar-refractivity contribution in [1.82, 2.24) is 10.2 Å². The van der Waals surface area contributed by atoms with Crippen LogP contribution in [0.2, 0.25) is 0 Å².